The van der Waals surface area contributed by atoms with Gasteiger partial charge in [0, 0.05) is 12.0 Å². The number of hydrogen-bond donors (Lipinski definition) is 0. The highest BCUT2D eigenvalue weighted by Gasteiger charge is 2.42. The number of ether oxygens (including phenoxy) is 3. The van der Waals surface area contributed by atoms with Crippen LogP contribution < -0.4 is 0 Å². The van der Waals surface area contributed by atoms with Crippen molar-refractivity contribution in [2.75, 3.05) is 13.7 Å². The minimum Gasteiger partial charge on any atom is -0.466 e. The van der Waals surface area contributed by atoms with E-state index in [1.54, 1.807) is 6.92 Å². The van der Waals surface area contributed by atoms with Crippen LogP contribution in [0.25, 0.3) is 0 Å². The second-order valence-electron chi connectivity index (χ2n) is 3.97. The summed E-state index contributed by atoms with van der Waals surface area (Å²) < 4.78 is 19.4. The number of nitriles is 1. The molecule has 0 aromatic carbocycles. The third kappa shape index (κ3) is 3.86. The second-order valence-corrected chi connectivity index (χ2v) is 3.97. The maximum atomic E-state index is 11.6. The average Bonchev–Trinajstić information content (AvgIpc) is 3.00. The first-order valence-electron chi connectivity index (χ1n) is 6.06. The Labute approximate surface area is 121 Å². The molecule has 7 nitrogen and oxygen atoms in total. The number of nitrogens with zero attached hydrogens (tertiary/aromatic N) is 1. The molecule has 0 N–H and O–H groups in total. The van der Waals surface area contributed by atoms with E-state index in [-0.39, 0.29) is 24.4 Å². The van der Waals surface area contributed by atoms with Gasteiger partial charge in [-0.1, -0.05) is 6.58 Å². The smallest absolute Gasteiger partial charge is 0.466 e. The van der Waals surface area contributed by atoms with Gasteiger partial charge in [0.2, 0.25) is 0 Å². The summed E-state index contributed by atoms with van der Waals surface area (Å²) in [7, 11) is 1.18. The van der Waals surface area contributed by atoms with E-state index in [0.717, 1.165) is 0 Å². The van der Waals surface area contributed by atoms with Gasteiger partial charge in [0.15, 0.2) is 5.76 Å². The van der Waals surface area contributed by atoms with Crippen molar-refractivity contribution < 1.29 is 28.2 Å². The quantitative estimate of drug-likeness (QED) is 0.586. The summed E-state index contributed by atoms with van der Waals surface area (Å²) in [5.74, 6) is -0.656. The highest BCUT2D eigenvalue weighted by Crippen LogP contribution is 2.33. The predicted octanol–water partition coefficient (Wildman–Crippen LogP) is 2.29. The fourth-order valence-electron chi connectivity index (χ4n) is 1.61. The Morgan fingerprint density at radius 1 is 1.52 bits per heavy atom. The maximum absolute atomic E-state index is 11.6. The van der Waals surface area contributed by atoms with Gasteiger partial charge in [-0.05, 0) is 19.1 Å². The largest absolute Gasteiger partial charge is 0.510 e. The molecular weight excluding hydrogens is 278 g/mol. The molecule has 0 aliphatic heterocycles. The average molecular weight is 293 g/mol. The number of rotatable bonds is 6. The van der Waals surface area contributed by atoms with Crippen molar-refractivity contribution in [2.24, 2.45) is 0 Å². The Morgan fingerprint density at radius 3 is 2.71 bits per heavy atom. The fourth-order valence-corrected chi connectivity index (χ4v) is 1.61. The molecule has 0 saturated carbocycles. The summed E-state index contributed by atoms with van der Waals surface area (Å²) in [6.07, 6.45) is -0.0348. The van der Waals surface area contributed by atoms with Gasteiger partial charge in [0.25, 0.3) is 5.60 Å². The summed E-state index contributed by atoms with van der Waals surface area (Å²) in [5, 5.41) is 9.43. The molecule has 1 rings (SSSR count). The molecule has 0 radical (unpaired) electrons. The summed E-state index contributed by atoms with van der Waals surface area (Å²) in [6.45, 7) is 5.19. The van der Waals surface area contributed by atoms with Gasteiger partial charge in [-0.15, -0.1) is 0 Å². The molecule has 1 heterocycles. The molecule has 112 valence electrons. The lowest BCUT2D eigenvalue weighted by atomic mass is 9.93. The fraction of sp³-hybridized carbons (Fsp3) is 0.357. The summed E-state index contributed by atoms with van der Waals surface area (Å²) >= 11 is 0. The molecule has 1 aromatic heterocycles. The van der Waals surface area contributed by atoms with Crippen LogP contribution in [0.2, 0.25) is 0 Å². The number of hydrogen-bond acceptors (Lipinski definition) is 7. The molecule has 7 heteroatoms. The van der Waals surface area contributed by atoms with Gasteiger partial charge in [0.1, 0.15) is 6.07 Å². The van der Waals surface area contributed by atoms with Crippen LogP contribution in [-0.2, 0) is 24.6 Å². The Morgan fingerprint density at radius 2 is 2.24 bits per heavy atom. The monoisotopic (exact) mass is 293 g/mol. The van der Waals surface area contributed by atoms with Crippen LogP contribution >= 0.6 is 0 Å². The number of carbonyl (C=O) groups excluding carboxylic acids is 2. The Balaban J connectivity index is 3.10. The predicted molar refractivity (Wildman–Crippen MR) is 69.9 cm³/mol. The molecule has 1 aromatic rings. The Hall–Kier alpha value is -2.75. The Bertz CT molecular complexity index is 557. The lowest BCUT2D eigenvalue weighted by Gasteiger charge is -2.24. The van der Waals surface area contributed by atoms with Crippen molar-refractivity contribution in [3.05, 3.63) is 36.3 Å². The third-order valence-electron chi connectivity index (χ3n) is 2.56. The molecule has 1 atom stereocenters. The van der Waals surface area contributed by atoms with Crippen LogP contribution in [0.15, 0.2) is 35.0 Å². The normalized spacial score (nSPS) is 12.6. The Kier molecular flexibility index (Phi) is 5.55. The van der Waals surface area contributed by atoms with Crippen LogP contribution in [0.1, 0.15) is 19.1 Å². The van der Waals surface area contributed by atoms with E-state index in [1.807, 2.05) is 6.07 Å². The minimum absolute atomic E-state index is 0.0419. The van der Waals surface area contributed by atoms with Crippen LogP contribution in [0.3, 0.4) is 0 Å². The lowest BCUT2D eigenvalue weighted by Crippen LogP contribution is -2.32. The van der Waals surface area contributed by atoms with Crippen molar-refractivity contribution in [3.8, 4) is 6.07 Å². The van der Waals surface area contributed by atoms with Gasteiger partial charge >= 0.3 is 12.1 Å². The topological polar surface area (TPSA) is 98.8 Å². The van der Waals surface area contributed by atoms with Gasteiger partial charge in [-0.2, -0.15) is 5.26 Å². The summed E-state index contributed by atoms with van der Waals surface area (Å²) in [6, 6.07) is 4.81. The molecule has 21 heavy (non-hydrogen) atoms. The van der Waals surface area contributed by atoms with Crippen LogP contribution in [0, 0.1) is 11.3 Å². The molecule has 0 bridgehead atoms. The number of carbonyl (C=O) groups is 2. The number of furan rings is 1. The van der Waals surface area contributed by atoms with Gasteiger partial charge in [-0.3, -0.25) is 0 Å². The molecule has 1 unspecified atom stereocenters. The zero-order valence-electron chi connectivity index (χ0n) is 11.8. The highest BCUT2D eigenvalue weighted by atomic mass is 16.7. The van der Waals surface area contributed by atoms with E-state index < -0.39 is 17.7 Å². The first kappa shape index (κ1) is 16.3. The first-order chi connectivity index (χ1) is 9.99. The van der Waals surface area contributed by atoms with Gasteiger partial charge in [0.05, 0.1) is 20.0 Å². The minimum atomic E-state index is -1.85. The number of methoxy groups -OCH3 is 1. The zero-order chi connectivity index (χ0) is 15.9. The van der Waals surface area contributed by atoms with E-state index in [4.69, 9.17) is 9.15 Å². The van der Waals surface area contributed by atoms with E-state index in [2.05, 4.69) is 16.1 Å². The van der Waals surface area contributed by atoms with Crippen LogP contribution in [-0.4, -0.2) is 25.8 Å². The summed E-state index contributed by atoms with van der Waals surface area (Å²) in [4.78, 5) is 23.0. The SMILES string of the molecule is C=C(CC(C#N)(OC(=O)OCC)c1ccco1)C(=O)OC. The van der Waals surface area contributed by atoms with Crippen molar-refractivity contribution in [2.45, 2.75) is 18.9 Å². The highest BCUT2D eigenvalue weighted by molar-refractivity contribution is 5.88. The molecule has 0 aliphatic rings. The number of esters is 1. The lowest BCUT2D eigenvalue weighted by molar-refractivity contribution is -0.136. The van der Waals surface area contributed by atoms with Crippen molar-refractivity contribution in [1.29, 1.82) is 5.26 Å². The second kappa shape index (κ2) is 7.14. The molecule has 0 saturated heterocycles. The van der Waals surface area contributed by atoms with E-state index in [1.165, 1.54) is 25.5 Å². The van der Waals surface area contributed by atoms with E-state index in [9.17, 15) is 14.9 Å². The third-order valence-corrected chi connectivity index (χ3v) is 2.56. The van der Waals surface area contributed by atoms with Crippen LogP contribution in [0.4, 0.5) is 4.79 Å². The molecule has 0 amide bonds. The first-order valence-corrected chi connectivity index (χ1v) is 6.06. The zero-order valence-corrected chi connectivity index (χ0v) is 11.8. The standard InChI is InChI=1S/C14H15NO6/c1-4-19-13(17)21-14(9-15,11-6-5-7-20-11)8-10(2)12(16)18-3/h5-7H,2,4,8H2,1,3H3. The molecule has 0 aliphatic carbocycles. The molecule has 0 spiro atoms. The van der Waals surface area contributed by atoms with Crippen molar-refractivity contribution >= 4 is 12.1 Å². The van der Waals surface area contributed by atoms with E-state index in [0.29, 0.717) is 0 Å². The van der Waals surface area contributed by atoms with Gasteiger partial charge in [-0.25, -0.2) is 9.59 Å². The van der Waals surface area contributed by atoms with Crippen LogP contribution in [0.5, 0.6) is 0 Å². The van der Waals surface area contributed by atoms with E-state index >= 15 is 0 Å². The molecule has 0 fully saturated rings. The maximum Gasteiger partial charge on any atom is 0.510 e. The molecular formula is C14H15NO6. The van der Waals surface area contributed by atoms with Crippen molar-refractivity contribution in [1.82, 2.24) is 0 Å². The summed E-state index contributed by atoms with van der Waals surface area (Å²) in [5.41, 5.74) is -1.89. The van der Waals surface area contributed by atoms with Gasteiger partial charge < -0.3 is 18.6 Å². The van der Waals surface area contributed by atoms with Crippen molar-refractivity contribution in [3.63, 3.8) is 0 Å².